The molecule has 9 heteroatoms. The first-order valence-corrected chi connectivity index (χ1v) is 9.50. The van der Waals surface area contributed by atoms with E-state index in [-0.39, 0.29) is 17.4 Å². The summed E-state index contributed by atoms with van der Waals surface area (Å²) in [5, 5.41) is 0. The quantitative estimate of drug-likeness (QED) is 0.612. The van der Waals surface area contributed by atoms with Crippen molar-refractivity contribution >= 4 is 63.6 Å². The molecule has 4 N–H and O–H groups in total. The molecular formula is C11H14N4OS4. The van der Waals surface area contributed by atoms with Gasteiger partial charge in [-0.2, -0.15) is 0 Å². The number of anilines is 2. The lowest BCUT2D eigenvalue weighted by Crippen LogP contribution is -2.03. The van der Waals surface area contributed by atoms with Crippen LogP contribution in [0, 0.1) is 0 Å². The van der Waals surface area contributed by atoms with Crippen molar-refractivity contribution in [2.45, 2.75) is 22.5 Å². The number of rotatable bonds is 6. The maximum absolute atomic E-state index is 12.5. The van der Waals surface area contributed by atoms with Gasteiger partial charge in [0.05, 0.1) is 0 Å². The number of ketones is 1. The third-order valence-corrected chi connectivity index (χ3v) is 6.41. The largest absolute Gasteiger partial charge is 0.382 e. The Morgan fingerprint density at radius 3 is 1.75 bits per heavy atom. The normalized spacial score (nSPS) is 10.9. The van der Waals surface area contributed by atoms with Gasteiger partial charge in [-0.25, -0.2) is 9.97 Å². The van der Waals surface area contributed by atoms with E-state index in [2.05, 4.69) is 9.97 Å². The Labute approximate surface area is 133 Å². The minimum absolute atomic E-state index is 0.180. The Bertz CT molecular complexity index is 570. The van der Waals surface area contributed by atoms with Gasteiger partial charge in [0.25, 0.3) is 0 Å². The lowest BCUT2D eigenvalue weighted by atomic mass is 10.3. The highest BCUT2D eigenvalue weighted by molar-refractivity contribution is 8.01. The van der Waals surface area contributed by atoms with Crippen molar-refractivity contribution in [2.24, 2.45) is 0 Å². The maximum Gasteiger partial charge on any atom is 0.220 e. The fraction of sp³-hybridized carbons (Fsp3) is 0.364. The Balaban J connectivity index is 2.31. The number of carbonyl (C=O) groups is 1. The van der Waals surface area contributed by atoms with E-state index < -0.39 is 0 Å². The average Bonchev–Trinajstić information content (AvgIpc) is 2.93. The number of hydrogen-bond donors (Lipinski definition) is 2. The smallest absolute Gasteiger partial charge is 0.220 e. The van der Waals surface area contributed by atoms with Crippen molar-refractivity contribution in [2.75, 3.05) is 23.0 Å². The molecule has 0 atom stereocenters. The standard InChI is InChI=1S/C11H14N4OS4/c1-3-17-10-14-8(12)6(19-10)5(16)7-9(13)15-11(20-7)18-4-2/h3-4,12-13H2,1-2H3. The summed E-state index contributed by atoms with van der Waals surface area (Å²) in [5.41, 5.74) is 11.7. The molecule has 0 aliphatic heterocycles. The predicted octanol–water partition coefficient (Wildman–Crippen LogP) is 3.22. The van der Waals surface area contributed by atoms with Crippen LogP contribution in [0.15, 0.2) is 8.68 Å². The van der Waals surface area contributed by atoms with E-state index in [1.165, 1.54) is 22.7 Å². The number of thiazole rings is 2. The summed E-state index contributed by atoms with van der Waals surface area (Å²) >= 11 is 5.76. The number of carbonyl (C=O) groups excluding carboxylic acids is 1. The molecule has 0 spiro atoms. The summed E-state index contributed by atoms with van der Waals surface area (Å²) < 4.78 is 1.61. The highest BCUT2D eigenvalue weighted by atomic mass is 32.2. The molecule has 0 aliphatic carbocycles. The van der Waals surface area contributed by atoms with Crippen LogP contribution in [0.3, 0.4) is 0 Å². The summed E-state index contributed by atoms with van der Waals surface area (Å²) in [6.45, 7) is 4.05. The monoisotopic (exact) mass is 346 g/mol. The van der Waals surface area contributed by atoms with Gasteiger partial charge in [0.1, 0.15) is 21.4 Å². The number of aromatic nitrogens is 2. The molecule has 0 amide bonds. The molecule has 0 saturated carbocycles. The second kappa shape index (κ2) is 6.79. The molecule has 2 rings (SSSR count). The van der Waals surface area contributed by atoms with Crippen LogP contribution >= 0.6 is 46.2 Å². The summed E-state index contributed by atoms with van der Waals surface area (Å²) in [5.74, 6) is 2.14. The average molecular weight is 347 g/mol. The molecule has 2 heterocycles. The SMILES string of the molecule is CCSc1nc(N)c(C(=O)c2sc(SCC)nc2N)s1. The Kier molecular flexibility index (Phi) is 5.30. The number of nitrogens with two attached hydrogens (primary N) is 2. The molecule has 0 fully saturated rings. The van der Waals surface area contributed by atoms with Crippen molar-refractivity contribution in [3.8, 4) is 0 Å². The molecule has 2 aromatic heterocycles. The van der Waals surface area contributed by atoms with Crippen molar-refractivity contribution < 1.29 is 4.79 Å². The zero-order chi connectivity index (χ0) is 14.7. The van der Waals surface area contributed by atoms with Crippen LogP contribution in [0.5, 0.6) is 0 Å². The second-order valence-electron chi connectivity index (χ2n) is 3.58. The van der Waals surface area contributed by atoms with Crippen LogP contribution < -0.4 is 11.5 Å². The van der Waals surface area contributed by atoms with E-state index >= 15 is 0 Å². The molecule has 108 valence electrons. The minimum Gasteiger partial charge on any atom is -0.382 e. The maximum atomic E-state index is 12.5. The summed E-state index contributed by atoms with van der Waals surface area (Å²) in [6, 6.07) is 0. The zero-order valence-electron chi connectivity index (χ0n) is 11.0. The molecule has 2 aromatic rings. The second-order valence-corrected chi connectivity index (χ2v) is 8.60. The molecule has 5 nitrogen and oxygen atoms in total. The van der Waals surface area contributed by atoms with Crippen LogP contribution in [-0.2, 0) is 0 Å². The van der Waals surface area contributed by atoms with Crippen LogP contribution in [0.4, 0.5) is 11.6 Å². The van der Waals surface area contributed by atoms with Gasteiger partial charge in [-0.05, 0) is 11.5 Å². The number of nitrogens with zero attached hydrogens (tertiary/aromatic N) is 2. The topological polar surface area (TPSA) is 94.9 Å². The predicted molar refractivity (Wildman–Crippen MR) is 89.3 cm³/mol. The fourth-order valence-electron chi connectivity index (χ4n) is 1.42. The van der Waals surface area contributed by atoms with Crippen LogP contribution in [-0.4, -0.2) is 27.3 Å². The first-order valence-electron chi connectivity index (χ1n) is 5.89. The first-order chi connectivity index (χ1) is 9.56. The van der Waals surface area contributed by atoms with Gasteiger partial charge in [-0.1, -0.05) is 37.4 Å². The highest BCUT2D eigenvalue weighted by Gasteiger charge is 2.23. The molecule has 0 bridgehead atoms. The molecular weight excluding hydrogens is 332 g/mol. The van der Waals surface area contributed by atoms with E-state index in [0.29, 0.717) is 9.75 Å². The molecule has 0 aliphatic rings. The number of hydrogen-bond acceptors (Lipinski definition) is 9. The number of nitrogen functional groups attached to an aromatic ring is 2. The summed E-state index contributed by atoms with van der Waals surface area (Å²) in [7, 11) is 0. The highest BCUT2D eigenvalue weighted by Crippen LogP contribution is 2.35. The van der Waals surface area contributed by atoms with Crippen LogP contribution in [0.1, 0.15) is 28.4 Å². The van der Waals surface area contributed by atoms with Gasteiger partial charge in [-0.15, -0.1) is 22.7 Å². The molecule has 20 heavy (non-hydrogen) atoms. The molecule has 0 radical (unpaired) electrons. The van der Waals surface area contributed by atoms with Gasteiger partial charge >= 0.3 is 0 Å². The molecule has 0 saturated heterocycles. The van der Waals surface area contributed by atoms with E-state index in [9.17, 15) is 4.79 Å². The van der Waals surface area contributed by atoms with Gasteiger partial charge in [0, 0.05) is 0 Å². The van der Waals surface area contributed by atoms with Gasteiger partial charge in [0.2, 0.25) is 5.78 Å². The molecule has 0 unspecified atom stereocenters. The zero-order valence-corrected chi connectivity index (χ0v) is 14.3. The fourth-order valence-corrected chi connectivity index (χ4v) is 5.31. The van der Waals surface area contributed by atoms with Gasteiger partial charge in [-0.3, -0.25) is 4.79 Å². The van der Waals surface area contributed by atoms with Crippen molar-refractivity contribution in [1.82, 2.24) is 9.97 Å². The van der Waals surface area contributed by atoms with E-state index in [1.54, 1.807) is 23.5 Å². The van der Waals surface area contributed by atoms with Crippen LogP contribution in [0.25, 0.3) is 0 Å². The third kappa shape index (κ3) is 3.27. The Morgan fingerprint density at radius 1 is 1.00 bits per heavy atom. The summed E-state index contributed by atoms with van der Waals surface area (Å²) in [6.07, 6.45) is 0. The number of thioether (sulfide) groups is 2. The van der Waals surface area contributed by atoms with E-state index in [4.69, 9.17) is 11.5 Å². The summed E-state index contributed by atoms with van der Waals surface area (Å²) in [4.78, 5) is 21.8. The lowest BCUT2D eigenvalue weighted by molar-refractivity contribution is 0.104. The van der Waals surface area contributed by atoms with Crippen molar-refractivity contribution in [1.29, 1.82) is 0 Å². The first kappa shape index (κ1) is 15.6. The lowest BCUT2D eigenvalue weighted by Gasteiger charge is -1.95. The third-order valence-electron chi connectivity index (χ3n) is 2.22. The van der Waals surface area contributed by atoms with Crippen molar-refractivity contribution in [3.63, 3.8) is 0 Å². The van der Waals surface area contributed by atoms with Gasteiger partial charge < -0.3 is 11.5 Å². The Hall–Kier alpha value is -0.770. The van der Waals surface area contributed by atoms with E-state index in [0.717, 1.165) is 20.2 Å². The van der Waals surface area contributed by atoms with E-state index in [1.807, 2.05) is 13.8 Å². The Morgan fingerprint density at radius 2 is 1.40 bits per heavy atom. The van der Waals surface area contributed by atoms with Gasteiger partial charge in [0.15, 0.2) is 8.68 Å². The van der Waals surface area contributed by atoms with Crippen molar-refractivity contribution in [3.05, 3.63) is 9.75 Å². The van der Waals surface area contributed by atoms with Crippen LogP contribution in [0.2, 0.25) is 0 Å². The molecule has 0 aromatic carbocycles. The minimum atomic E-state index is -0.180.